The maximum Gasteiger partial charge on any atom is 0.306 e. The molecule has 0 aliphatic heterocycles. The third-order valence-electron chi connectivity index (χ3n) is 3.46. The van der Waals surface area contributed by atoms with Crippen LogP contribution >= 0.6 is 0 Å². The lowest BCUT2D eigenvalue weighted by atomic mass is 9.86. The molecule has 1 aromatic heterocycles. The highest BCUT2D eigenvalue weighted by Crippen LogP contribution is 2.24. The van der Waals surface area contributed by atoms with Crippen molar-refractivity contribution in [3.63, 3.8) is 0 Å². The Bertz CT molecular complexity index is 461. The molecule has 104 valence electrons. The van der Waals surface area contributed by atoms with Crippen molar-refractivity contribution in [1.82, 2.24) is 10.5 Å². The molecule has 1 aromatic rings. The van der Waals surface area contributed by atoms with E-state index < -0.39 is 5.97 Å². The lowest BCUT2D eigenvalue weighted by Gasteiger charge is -2.26. The summed E-state index contributed by atoms with van der Waals surface area (Å²) in [6, 6.07) is 1.82. The van der Waals surface area contributed by atoms with Crippen LogP contribution in [0.1, 0.15) is 37.1 Å². The average Bonchev–Trinajstić information content (AvgIpc) is 2.75. The van der Waals surface area contributed by atoms with Gasteiger partial charge in [0.25, 0.3) is 0 Å². The third-order valence-corrected chi connectivity index (χ3v) is 3.46. The minimum Gasteiger partial charge on any atom is -0.481 e. The summed E-state index contributed by atoms with van der Waals surface area (Å²) in [5.41, 5.74) is 0.620. The molecule has 0 bridgehead atoms. The molecule has 2 rings (SSSR count). The number of hydrogen-bond acceptors (Lipinski definition) is 4. The fourth-order valence-corrected chi connectivity index (χ4v) is 2.43. The van der Waals surface area contributed by atoms with Crippen LogP contribution in [0.3, 0.4) is 0 Å². The first-order valence-corrected chi connectivity index (χ1v) is 6.49. The second-order valence-corrected chi connectivity index (χ2v) is 5.06. The number of carbonyl (C=O) groups excluding carboxylic acids is 1. The van der Waals surface area contributed by atoms with Crippen molar-refractivity contribution < 1.29 is 19.2 Å². The summed E-state index contributed by atoms with van der Waals surface area (Å²) >= 11 is 0. The van der Waals surface area contributed by atoms with Crippen LogP contribution in [-0.2, 0) is 16.0 Å². The zero-order chi connectivity index (χ0) is 13.8. The fraction of sp³-hybridized carbons (Fsp3) is 0.615. The average molecular weight is 266 g/mol. The van der Waals surface area contributed by atoms with E-state index in [1.54, 1.807) is 13.0 Å². The number of rotatable bonds is 4. The molecule has 6 nitrogen and oxygen atoms in total. The first-order chi connectivity index (χ1) is 9.04. The second-order valence-electron chi connectivity index (χ2n) is 5.06. The molecule has 2 N–H and O–H groups in total. The van der Waals surface area contributed by atoms with Crippen molar-refractivity contribution in [3.05, 3.63) is 17.5 Å². The number of nitrogens with one attached hydrogen (secondary N) is 1. The highest BCUT2D eigenvalue weighted by molar-refractivity contribution is 5.78. The maximum atomic E-state index is 11.8. The summed E-state index contributed by atoms with van der Waals surface area (Å²) in [5, 5.41) is 15.6. The van der Waals surface area contributed by atoms with Gasteiger partial charge in [-0.15, -0.1) is 0 Å². The molecule has 0 radical (unpaired) electrons. The van der Waals surface area contributed by atoms with Crippen LogP contribution in [0.2, 0.25) is 0 Å². The van der Waals surface area contributed by atoms with Gasteiger partial charge < -0.3 is 14.9 Å². The molecule has 0 spiro atoms. The highest BCUT2D eigenvalue weighted by Gasteiger charge is 2.26. The molecule has 0 unspecified atom stereocenters. The number of nitrogens with zero attached hydrogens (tertiary/aromatic N) is 1. The van der Waals surface area contributed by atoms with Gasteiger partial charge in [-0.1, -0.05) is 5.16 Å². The number of aromatic nitrogens is 1. The van der Waals surface area contributed by atoms with Gasteiger partial charge >= 0.3 is 5.97 Å². The van der Waals surface area contributed by atoms with E-state index in [0.29, 0.717) is 24.3 Å². The SMILES string of the molecule is Cc1cc(CC(=O)NC2CCC(C(=O)O)CC2)no1. The fourth-order valence-electron chi connectivity index (χ4n) is 2.43. The predicted molar refractivity (Wildman–Crippen MR) is 66.5 cm³/mol. The number of carbonyl (C=O) groups is 2. The Balaban J connectivity index is 1.76. The molecule has 19 heavy (non-hydrogen) atoms. The molecule has 1 fully saturated rings. The Hall–Kier alpha value is -1.85. The van der Waals surface area contributed by atoms with E-state index in [-0.39, 0.29) is 24.3 Å². The van der Waals surface area contributed by atoms with Crippen LogP contribution in [0.15, 0.2) is 10.6 Å². The van der Waals surface area contributed by atoms with Crippen molar-refractivity contribution >= 4 is 11.9 Å². The molecule has 1 saturated carbocycles. The van der Waals surface area contributed by atoms with Gasteiger partial charge in [0.05, 0.1) is 18.0 Å². The summed E-state index contributed by atoms with van der Waals surface area (Å²) in [5.74, 6) is -0.397. The Morgan fingerprint density at radius 3 is 2.63 bits per heavy atom. The monoisotopic (exact) mass is 266 g/mol. The van der Waals surface area contributed by atoms with E-state index in [1.165, 1.54) is 0 Å². The first kappa shape index (κ1) is 13.6. The topological polar surface area (TPSA) is 92.4 Å². The number of aliphatic carboxylic acids is 1. The number of aryl methyl sites for hydroxylation is 1. The minimum absolute atomic E-state index is 0.0797. The first-order valence-electron chi connectivity index (χ1n) is 6.49. The summed E-state index contributed by atoms with van der Waals surface area (Å²) in [6.07, 6.45) is 2.91. The van der Waals surface area contributed by atoms with Crippen LogP contribution < -0.4 is 5.32 Å². The molecule has 6 heteroatoms. The van der Waals surface area contributed by atoms with E-state index in [2.05, 4.69) is 10.5 Å². The van der Waals surface area contributed by atoms with Crippen molar-refractivity contribution in [2.45, 2.75) is 45.1 Å². The van der Waals surface area contributed by atoms with Crippen LogP contribution in [0.5, 0.6) is 0 Å². The Morgan fingerprint density at radius 1 is 1.42 bits per heavy atom. The van der Waals surface area contributed by atoms with E-state index in [1.807, 2.05) is 0 Å². The van der Waals surface area contributed by atoms with E-state index >= 15 is 0 Å². The Labute approximate surface area is 111 Å². The van der Waals surface area contributed by atoms with Gasteiger partial charge in [0, 0.05) is 12.1 Å². The number of carboxylic acids is 1. The van der Waals surface area contributed by atoms with Crippen LogP contribution in [0, 0.1) is 12.8 Å². The van der Waals surface area contributed by atoms with Gasteiger partial charge in [0.2, 0.25) is 5.91 Å². The lowest BCUT2D eigenvalue weighted by molar-refractivity contribution is -0.142. The number of amides is 1. The minimum atomic E-state index is -0.733. The van der Waals surface area contributed by atoms with Gasteiger partial charge in [-0.3, -0.25) is 9.59 Å². The standard InChI is InChI=1S/C13H18N2O4/c1-8-6-11(15-19-8)7-12(16)14-10-4-2-9(3-5-10)13(17)18/h6,9-10H,2-5,7H2,1H3,(H,14,16)(H,17,18). The van der Waals surface area contributed by atoms with Gasteiger partial charge in [-0.2, -0.15) is 0 Å². The molecule has 1 aliphatic rings. The smallest absolute Gasteiger partial charge is 0.306 e. The largest absolute Gasteiger partial charge is 0.481 e. The zero-order valence-corrected chi connectivity index (χ0v) is 10.9. The molecule has 1 heterocycles. The van der Waals surface area contributed by atoms with Crippen molar-refractivity contribution in [2.24, 2.45) is 5.92 Å². The van der Waals surface area contributed by atoms with Crippen molar-refractivity contribution in [1.29, 1.82) is 0 Å². The molecule has 0 saturated heterocycles. The number of hydrogen-bond donors (Lipinski definition) is 2. The van der Waals surface area contributed by atoms with E-state index in [4.69, 9.17) is 9.63 Å². The maximum absolute atomic E-state index is 11.8. The second kappa shape index (κ2) is 5.86. The van der Waals surface area contributed by atoms with Gasteiger partial charge in [-0.05, 0) is 32.6 Å². The van der Waals surface area contributed by atoms with Crippen LogP contribution in [0.4, 0.5) is 0 Å². The quantitative estimate of drug-likeness (QED) is 0.856. The molecular formula is C13H18N2O4. The number of carboxylic acid groups (broad SMARTS) is 1. The van der Waals surface area contributed by atoms with E-state index in [9.17, 15) is 9.59 Å². The summed E-state index contributed by atoms with van der Waals surface area (Å²) < 4.78 is 4.90. The van der Waals surface area contributed by atoms with Crippen LogP contribution in [0.25, 0.3) is 0 Å². The summed E-state index contributed by atoms with van der Waals surface area (Å²) in [6.45, 7) is 1.78. The summed E-state index contributed by atoms with van der Waals surface area (Å²) in [7, 11) is 0. The Morgan fingerprint density at radius 2 is 2.11 bits per heavy atom. The van der Waals surface area contributed by atoms with Gasteiger partial charge in [0.15, 0.2) is 0 Å². The molecule has 1 aliphatic carbocycles. The van der Waals surface area contributed by atoms with Crippen molar-refractivity contribution in [2.75, 3.05) is 0 Å². The Kier molecular flexibility index (Phi) is 4.19. The van der Waals surface area contributed by atoms with Crippen LogP contribution in [-0.4, -0.2) is 28.2 Å². The normalized spacial score (nSPS) is 23.0. The molecular weight excluding hydrogens is 248 g/mol. The molecule has 1 amide bonds. The highest BCUT2D eigenvalue weighted by atomic mass is 16.5. The van der Waals surface area contributed by atoms with E-state index in [0.717, 1.165) is 12.8 Å². The lowest BCUT2D eigenvalue weighted by Crippen LogP contribution is -2.39. The third kappa shape index (κ3) is 3.81. The van der Waals surface area contributed by atoms with Gasteiger partial charge in [-0.25, -0.2) is 0 Å². The summed E-state index contributed by atoms with van der Waals surface area (Å²) in [4.78, 5) is 22.6. The zero-order valence-electron chi connectivity index (χ0n) is 10.9. The van der Waals surface area contributed by atoms with Crippen molar-refractivity contribution in [3.8, 4) is 0 Å². The molecule has 0 aromatic carbocycles. The van der Waals surface area contributed by atoms with Gasteiger partial charge in [0.1, 0.15) is 5.76 Å². The molecule has 0 atom stereocenters. The predicted octanol–water partition coefficient (Wildman–Crippen LogP) is 1.29.